The molecule has 0 aliphatic carbocycles. The van der Waals surface area contributed by atoms with E-state index in [4.69, 9.17) is 14.2 Å². The number of carbonyl (C=O) groups is 2. The van der Waals surface area contributed by atoms with E-state index in [1.54, 1.807) is 0 Å². The highest BCUT2D eigenvalue weighted by Gasteiger charge is 2.25. The summed E-state index contributed by atoms with van der Waals surface area (Å²) in [6, 6.07) is 13.2. The number of ether oxygens (including phenoxy) is 3. The van der Waals surface area contributed by atoms with E-state index in [2.05, 4.69) is 5.32 Å². The van der Waals surface area contributed by atoms with Crippen LogP contribution in [-0.2, 0) is 9.53 Å². The highest BCUT2D eigenvalue weighted by atomic mass is 32.1. The molecule has 2 aromatic carbocycles. The predicted octanol–water partition coefficient (Wildman–Crippen LogP) is 5.54. The molecule has 0 saturated carbocycles. The number of amides is 1. The maximum absolute atomic E-state index is 12.6. The van der Waals surface area contributed by atoms with Crippen LogP contribution in [0.2, 0.25) is 0 Å². The number of aryl methyl sites for hydroxylation is 3. The summed E-state index contributed by atoms with van der Waals surface area (Å²) in [5.41, 5.74) is 4.15. The van der Waals surface area contributed by atoms with Gasteiger partial charge in [0.15, 0.2) is 6.61 Å². The van der Waals surface area contributed by atoms with Gasteiger partial charge in [0.25, 0.3) is 5.91 Å². The summed E-state index contributed by atoms with van der Waals surface area (Å²) in [5, 5.41) is 3.25. The summed E-state index contributed by atoms with van der Waals surface area (Å²) in [6.45, 7) is 8.24. The molecule has 7 heteroatoms. The lowest BCUT2D eigenvalue weighted by atomic mass is 10.0. The smallest absolute Gasteiger partial charge is 0.341 e. The van der Waals surface area contributed by atoms with Crippen molar-refractivity contribution in [2.75, 3.05) is 25.6 Å². The van der Waals surface area contributed by atoms with Gasteiger partial charge >= 0.3 is 5.97 Å². The van der Waals surface area contributed by atoms with Crippen LogP contribution in [0.4, 0.5) is 5.00 Å². The molecular weight excluding hydrogens is 426 g/mol. The molecule has 1 aromatic heterocycles. The Morgan fingerprint density at radius 3 is 2.25 bits per heavy atom. The van der Waals surface area contributed by atoms with Crippen LogP contribution in [0.15, 0.2) is 42.5 Å². The average molecular weight is 454 g/mol. The van der Waals surface area contributed by atoms with Crippen molar-refractivity contribution in [2.24, 2.45) is 0 Å². The van der Waals surface area contributed by atoms with Crippen LogP contribution in [0, 0.1) is 20.8 Å². The highest BCUT2D eigenvalue weighted by Crippen LogP contribution is 2.40. The second-order valence-corrected chi connectivity index (χ2v) is 8.49. The Balaban J connectivity index is 1.83. The van der Waals surface area contributed by atoms with Gasteiger partial charge in [0.1, 0.15) is 22.1 Å². The number of methoxy groups -OCH3 is 1. The van der Waals surface area contributed by atoms with E-state index >= 15 is 0 Å². The molecule has 0 atom stereocenters. The molecule has 1 heterocycles. The van der Waals surface area contributed by atoms with Crippen LogP contribution >= 0.6 is 11.3 Å². The van der Waals surface area contributed by atoms with Crippen LogP contribution < -0.4 is 14.8 Å². The summed E-state index contributed by atoms with van der Waals surface area (Å²) in [4.78, 5) is 26.1. The average Bonchev–Trinajstić information content (AvgIpc) is 3.10. The third-order valence-corrected chi connectivity index (χ3v) is 6.05. The third-order valence-electron chi connectivity index (χ3n) is 5.03. The Bertz CT molecular complexity index is 1120. The zero-order valence-corrected chi connectivity index (χ0v) is 19.7. The number of carbonyl (C=O) groups excluding carboxylic acids is 2. The van der Waals surface area contributed by atoms with Gasteiger partial charge in [-0.3, -0.25) is 4.79 Å². The summed E-state index contributed by atoms with van der Waals surface area (Å²) in [7, 11) is 1.33. The first-order valence-electron chi connectivity index (χ1n) is 10.3. The van der Waals surface area contributed by atoms with E-state index < -0.39 is 5.97 Å². The molecule has 0 bridgehead atoms. The number of anilines is 1. The van der Waals surface area contributed by atoms with Crippen molar-refractivity contribution in [3.8, 4) is 22.6 Å². The van der Waals surface area contributed by atoms with Crippen molar-refractivity contribution in [3.63, 3.8) is 0 Å². The number of rotatable bonds is 8. The van der Waals surface area contributed by atoms with Gasteiger partial charge in [-0.15, -0.1) is 11.3 Å². The number of hydrogen-bond donors (Lipinski definition) is 1. The number of thiophene rings is 1. The monoisotopic (exact) mass is 453 g/mol. The summed E-state index contributed by atoms with van der Waals surface area (Å²) in [5.74, 6) is 0.506. The highest BCUT2D eigenvalue weighted by molar-refractivity contribution is 7.17. The normalized spacial score (nSPS) is 10.5. The van der Waals surface area contributed by atoms with Gasteiger partial charge in [-0.1, -0.05) is 18.2 Å². The number of esters is 1. The van der Waals surface area contributed by atoms with E-state index in [9.17, 15) is 9.59 Å². The molecule has 6 nitrogen and oxygen atoms in total. The predicted molar refractivity (Wildman–Crippen MR) is 127 cm³/mol. The first-order valence-corrected chi connectivity index (χ1v) is 11.1. The molecular formula is C25H27NO5S. The topological polar surface area (TPSA) is 73.9 Å². The molecule has 0 aliphatic rings. The number of nitrogens with one attached hydrogen (secondary N) is 1. The van der Waals surface area contributed by atoms with Crippen molar-refractivity contribution in [3.05, 3.63) is 64.0 Å². The largest absolute Gasteiger partial charge is 0.494 e. The lowest BCUT2D eigenvalue weighted by molar-refractivity contribution is -0.118. The Morgan fingerprint density at radius 1 is 0.938 bits per heavy atom. The van der Waals surface area contributed by atoms with E-state index in [1.165, 1.54) is 18.4 Å². The maximum Gasteiger partial charge on any atom is 0.341 e. The zero-order chi connectivity index (χ0) is 23.3. The van der Waals surface area contributed by atoms with Gasteiger partial charge in [-0.2, -0.15) is 0 Å². The second kappa shape index (κ2) is 10.3. The van der Waals surface area contributed by atoms with Crippen molar-refractivity contribution in [1.29, 1.82) is 0 Å². The van der Waals surface area contributed by atoms with Gasteiger partial charge in [-0.25, -0.2) is 4.79 Å². The van der Waals surface area contributed by atoms with Crippen LogP contribution in [-0.4, -0.2) is 32.2 Å². The quantitative estimate of drug-likeness (QED) is 0.453. The van der Waals surface area contributed by atoms with Gasteiger partial charge in [0.2, 0.25) is 0 Å². The zero-order valence-electron chi connectivity index (χ0n) is 18.9. The minimum absolute atomic E-state index is 0.168. The Kier molecular flexibility index (Phi) is 7.53. The molecule has 0 spiro atoms. The van der Waals surface area contributed by atoms with Crippen molar-refractivity contribution in [2.45, 2.75) is 27.7 Å². The molecule has 0 saturated heterocycles. The van der Waals surface area contributed by atoms with Crippen LogP contribution in [0.5, 0.6) is 11.5 Å². The molecule has 0 aliphatic heterocycles. The number of hydrogen-bond acceptors (Lipinski definition) is 6. The molecule has 3 aromatic rings. The summed E-state index contributed by atoms with van der Waals surface area (Å²) in [6.07, 6.45) is 0. The first kappa shape index (κ1) is 23.3. The van der Waals surface area contributed by atoms with Gasteiger partial charge in [-0.05, 0) is 68.7 Å². The molecule has 0 radical (unpaired) electrons. The summed E-state index contributed by atoms with van der Waals surface area (Å²) >= 11 is 1.33. The second-order valence-electron chi connectivity index (χ2n) is 7.27. The first-order chi connectivity index (χ1) is 15.3. The fourth-order valence-electron chi connectivity index (χ4n) is 3.28. The van der Waals surface area contributed by atoms with E-state index in [0.717, 1.165) is 32.9 Å². The molecule has 0 unspecified atom stereocenters. The Hall–Kier alpha value is -3.32. The van der Waals surface area contributed by atoms with Gasteiger partial charge < -0.3 is 19.5 Å². The van der Waals surface area contributed by atoms with Crippen molar-refractivity contribution >= 4 is 28.2 Å². The van der Waals surface area contributed by atoms with Crippen LogP contribution in [0.25, 0.3) is 11.1 Å². The van der Waals surface area contributed by atoms with Crippen LogP contribution in [0.1, 0.15) is 33.3 Å². The van der Waals surface area contributed by atoms with Crippen molar-refractivity contribution in [1.82, 2.24) is 0 Å². The minimum atomic E-state index is -0.511. The lowest BCUT2D eigenvalue weighted by Crippen LogP contribution is -2.21. The van der Waals surface area contributed by atoms with E-state index in [1.807, 2.05) is 70.2 Å². The minimum Gasteiger partial charge on any atom is -0.494 e. The van der Waals surface area contributed by atoms with E-state index in [-0.39, 0.29) is 12.5 Å². The molecule has 32 heavy (non-hydrogen) atoms. The van der Waals surface area contributed by atoms with Crippen molar-refractivity contribution < 1.29 is 23.8 Å². The third kappa shape index (κ3) is 5.29. The Labute approximate surface area is 192 Å². The molecule has 168 valence electrons. The SMILES string of the molecule is CCOc1ccc(-c2c(C)sc(NC(=O)COc3ccc(C)c(C)c3)c2C(=O)OC)cc1. The molecule has 0 fully saturated rings. The standard InChI is InChI=1S/C25H27NO5S/c1-6-30-19-11-8-18(9-12-19)22-17(4)32-24(23(22)25(28)29-5)26-21(27)14-31-20-10-7-15(2)16(3)13-20/h7-13H,6,14H2,1-5H3,(H,26,27). The van der Waals surface area contributed by atoms with E-state index in [0.29, 0.717) is 22.9 Å². The fraction of sp³-hybridized carbons (Fsp3) is 0.280. The maximum atomic E-state index is 12.6. The summed E-state index contributed by atoms with van der Waals surface area (Å²) < 4.78 is 16.1. The Morgan fingerprint density at radius 2 is 1.62 bits per heavy atom. The fourth-order valence-corrected chi connectivity index (χ4v) is 4.36. The van der Waals surface area contributed by atoms with Crippen LogP contribution in [0.3, 0.4) is 0 Å². The van der Waals surface area contributed by atoms with Gasteiger partial charge in [0.05, 0.1) is 13.7 Å². The number of benzene rings is 2. The molecule has 1 amide bonds. The molecule has 1 N–H and O–H groups in total. The molecule has 3 rings (SSSR count). The van der Waals surface area contributed by atoms with Gasteiger partial charge in [0, 0.05) is 10.4 Å². The lowest BCUT2D eigenvalue weighted by Gasteiger charge is -2.10.